The zero-order chi connectivity index (χ0) is 16.5. The second-order valence-corrected chi connectivity index (χ2v) is 5.70. The predicted molar refractivity (Wildman–Crippen MR) is 84.7 cm³/mol. The molecule has 1 fully saturated rings. The Kier molecular flexibility index (Phi) is 7.05. The zero-order valence-electron chi connectivity index (χ0n) is 13.5. The summed E-state index contributed by atoms with van der Waals surface area (Å²) < 4.78 is 16.5. The average Bonchev–Trinajstić information content (AvgIpc) is 2.60. The van der Waals surface area contributed by atoms with E-state index in [1.165, 1.54) is 19.3 Å². The molecule has 0 N–H and O–H groups in total. The highest BCUT2D eigenvalue weighted by molar-refractivity contribution is 5.75. The van der Waals surface area contributed by atoms with Crippen molar-refractivity contribution in [2.45, 2.75) is 45.3 Å². The van der Waals surface area contributed by atoms with E-state index in [-0.39, 0.29) is 12.3 Å². The maximum absolute atomic E-state index is 12.1. The number of rotatable bonds is 7. The highest BCUT2D eigenvalue weighted by atomic mass is 16.7. The molecule has 1 saturated heterocycles. The molecule has 0 spiro atoms. The van der Waals surface area contributed by atoms with Crippen LogP contribution in [0.4, 0.5) is 0 Å². The summed E-state index contributed by atoms with van der Waals surface area (Å²) in [5.41, 5.74) is 0.528. The van der Waals surface area contributed by atoms with Gasteiger partial charge in [0.25, 0.3) is 0 Å². The lowest BCUT2D eigenvalue weighted by molar-refractivity contribution is -0.208. The van der Waals surface area contributed by atoms with E-state index >= 15 is 0 Å². The first-order valence-electron chi connectivity index (χ1n) is 8.18. The number of nitriles is 1. The van der Waals surface area contributed by atoms with E-state index in [2.05, 4.69) is 6.92 Å². The molecule has 0 aromatic heterocycles. The van der Waals surface area contributed by atoms with Crippen LogP contribution in [0.15, 0.2) is 24.3 Å². The van der Waals surface area contributed by atoms with Gasteiger partial charge in [0, 0.05) is 0 Å². The van der Waals surface area contributed by atoms with Crippen molar-refractivity contribution < 1.29 is 19.0 Å². The predicted octanol–water partition coefficient (Wildman–Crippen LogP) is 3.42. The van der Waals surface area contributed by atoms with Gasteiger partial charge in [0.2, 0.25) is 0 Å². The minimum absolute atomic E-state index is 0.203. The lowest BCUT2D eigenvalue weighted by Crippen LogP contribution is -2.38. The Morgan fingerprint density at radius 2 is 1.91 bits per heavy atom. The summed E-state index contributed by atoms with van der Waals surface area (Å²) in [6.45, 7) is 2.83. The summed E-state index contributed by atoms with van der Waals surface area (Å²) in [5, 5.41) is 8.74. The third-order valence-corrected chi connectivity index (χ3v) is 3.80. The molecule has 5 heteroatoms. The Balaban J connectivity index is 1.71. The van der Waals surface area contributed by atoms with E-state index in [0.29, 0.717) is 24.5 Å². The molecular weight excluding hydrogens is 294 g/mol. The monoisotopic (exact) mass is 317 g/mol. The third-order valence-electron chi connectivity index (χ3n) is 3.80. The van der Waals surface area contributed by atoms with Crippen LogP contribution in [-0.4, -0.2) is 25.5 Å². The van der Waals surface area contributed by atoms with E-state index in [0.717, 1.165) is 12.8 Å². The van der Waals surface area contributed by atoms with Crippen LogP contribution in [0.3, 0.4) is 0 Å². The molecule has 124 valence electrons. The number of nitrogens with zero attached hydrogens (tertiary/aromatic N) is 1. The zero-order valence-corrected chi connectivity index (χ0v) is 13.5. The van der Waals surface area contributed by atoms with Gasteiger partial charge in [-0.3, -0.25) is 4.79 Å². The van der Waals surface area contributed by atoms with E-state index in [4.69, 9.17) is 19.5 Å². The molecule has 1 aliphatic heterocycles. The van der Waals surface area contributed by atoms with Gasteiger partial charge in [0.1, 0.15) is 11.7 Å². The summed E-state index contributed by atoms with van der Waals surface area (Å²) in [7, 11) is 0. The van der Waals surface area contributed by atoms with Gasteiger partial charge in [-0.2, -0.15) is 5.26 Å². The fourth-order valence-electron chi connectivity index (χ4n) is 2.38. The Labute approximate surface area is 137 Å². The van der Waals surface area contributed by atoms with Gasteiger partial charge < -0.3 is 14.2 Å². The molecule has 23 heavy (non-hydrogen) atoms. The van der Waals surface area contributed by atoms with Crippen molar-refractivity contribution in [1.82, 2.24) is 0 Å². The Hall–Kier alpha value is -1.90. The first-order chi connectivity index (χ1) is 11.2. The molecule has 0 bridgehead atoms. The molecule has 0 radical (unpaired) electrons. The number of hydrogen-bond acceptors (Lipinski definition) is 5. The molecule has 0 aliphatic carbocycles. The lowest BCUT2D eigenvalue weighted by Gasteiger charge is -2.28. The van der Waals surface area contributed by atoms with Gasteiger partial charge in [0.15, 0.2) is 6.29 Å². The van der Waals surface area contributed by atoms with Crippen LogP contribution in [0, 0.1) is 17.2 Å². The molecule has 0 amide bonds. The molecule has 1 aromatic rings. The molecule has 2 rings (SSSR count). The highest BCUT2D eigenvalue weighted by Crippen LogP contribution is 2.19. The van der Waals surface area contributed by atoms with Crippen molar-refractivity contribution >= 4 is 5.97 Å². The topological polar surface area (TPSA) is 68.5 Å². The number of unbranched alkanes of at least 4 members (excludes halogenated alkanes) is 3. The smallest absolute Gasteiger partial charge is 0.319 e. The fraction of sp³-hybridized carbons (Fsp3) is 0.556. The largest absolute Gasteiger partial charge is 0.426 e. The minimum Gasteiger partial charge on any atom is -0.426 e. The van der Waals surface area contributed by atoms with Crippen LogP contribution in [-0.2, 0) is 14.3 Å². The standard InChI is InChI=1S/C18H23NO4/c1-2-3-4-5-6-17-21-12-15(13-22-17)18(20)23-16-9-7-14(11-19)8-10-16/h7-10,15,17H,2-6,12-13H2,1H3/t15-,17-. The summed E-state index contributed by atoms with van der Waals surface area (Å²) in [4.78, 5) is 12.1. The second kappa shape index (κ2) is 9.29. The van der Waals surface area contributed by atoms with Crippen LogP contribution < -0.4 is 4.74 Å². The summed E-state index contributed by atoms with van der Waals surface area (Å²) in [6.07, 6.45) is 5.37. The quantitative estimate of drug-likeness (QED) is 0.438. The second-order valence-electron chi connectivity index (χ2n) is 5.70. The normalized spacial score (nSPS) is 20.7. The first-order valence-corrected chi connectivity index (χ1v) is 8.18. The molecule has 0 atom stereocenters. The number of ether oxygens (including phenoxy) is 3. The Morgan fingerprint density at radius 1 is 1.22 bits per heavy atom. The minimum atomic E-state index is -0.405. The van der Waals surface area contributed by atoms with Gasteiger partial charge >= 0.3 is 5.97 Å². The van der Waals surface area contributed by atoms with Crippen molar-refractivity contribution in [1.29, 1.82) is 5.26 Å². The van der Waals surface area contributed by atoms with Gasteiger partial charge in [-0.25, -0.2) is 0 Å². The van der Waals surface area contributed by atoms with Crippen molar-refractivity contribution in [3.05, 3.63) is 29.8 Å². The molecule has 5 nitrogen and oxygen atoms in total. The molecular formula is C18H23NO4. The van der Waals surface area contributed by atoms with Crippen LogP contribution in [0.25, 0.3) is 0 Å². The van der Waals surface area contributed by atoms with Gasteiger partial charge in [0.05, 0.1) is 24.8 Å². The fourth-order valence-corrected chi connectivity index (χ4v) is 2.38. The van der Waals surface area contributed by atoms with E-state index in [1.807, 2.05) is 6.07 Å². The molecule has 1 heterocycles. The SMILES string of the molecule is CCCCCC[C@H]1OC[C@H](C(=O)Oc2ccc(C#N)cc2)CO1. The van der Waals surface area contributed by atoms with Crippen molar-refractivity contribution in [2.24, 2.45) is 5.92 Å². The maximum Gasteiger partial charge on any atom is 0.319 e. The van der Waals surface area contributed by atoms with Gasteiger partial charge in [-0.1, -0.05) is 26.2 Å². The van der Waals surface area contributed by atoms with Crippen molar-refractivity contribution in [3.8, 4) is 11.8 Å². The molecule has 1 aromatic carbocycles. The van der Waals surface area contributed by atoms with Crippen molar-refractivity contribution in [3.63, 3.8) is 0 Å². The van der Waals surface area contributed by atoms with Crippen LogP contribution in [0.5, 0.6) is 5.75 Å². The number of esters is 1. The molecule has 1 aliphatic rings. The summed E-state index contributed by atoms with van der Waals surface area (Å²) in [5.74, 6) is -0.340. The average molecular weight is 317 g/mol. The number of benzene rings is 1. The van der Waals surface area contributed by atoms with E-state index in [1.54, 1.807) is 24.3 Å². The van der Waals surface area contributed by atoms with Crippen LogP contribution in [0.2, 0.25) is 0 Å². The number of carbonyl (C=O) groups is 1. The van der Waals surface area contributed by atoms with Crippen molar-refractivity contribution in [2.75, 3.05) is 13.2 Å². The maximum atomic E-state index is 12.1. The van der Waals surface area contributed by atoms with Gasteiger partial charge in [-0.05, 0) is 37.1 Å². The molecule has 0 saturated carbocycles. The first kappa shape index (κ1) is 17.5. The number of carbonyl (C=O) groups excluding carboxylic acids is 1. The van der Waals surface area contributed by atoms with Gasteiger partial charge in [-0.15, -0.1) is 0 Å². The van der Waals surface area contributed by atoms with E-state index in [9.17, 15) is 4.79 Å². The Bertz CT molecular complexity index is 527. The third kappa shape index (κ3) is 5.66. The number of hydrogen-bond donors (Lipinski definition) is 0. The summed E-state index contributed by atoms with van der Waals surface area (Å²) in [6, 6.07) is 8.46. The van der Waals surface area contributed by atoms with E-state index < -0.39 is 5.92 Å². The van der Waals surface area contributed by atoms with Crippen LogP contribution in [0.1, 0.15) is 44.6 Å². The Morgan fingerprint density at radius 3 is 2.52 bits per heavy atom. The van der Waals surface area contributed by atoms with Crippen LogP contribution >= 0.6 is 0 Å². The summed E-state index contributed by atoms with van der Waals surface area (Å²) >= 11 is 0. The lowest BCUT2D eigenvalue weighted by atomic mass is 10.1. The molecule has 0 unspecified atom stereocenters. The highest BCUT2D eigenvalue weighted by Gasteiger charge is 2.28.